The summed E-state index contributed by atoms with van der Waals surface area (Å²) >= 11 is 1.57. The van der Waals surface area contributed by atoms with Crippen molar-refractivity contribution in [2.24, 2.45) is 5.92 Å². The third-order valence-corrected chi connectivity index (χ3v) is 6.67. The van der Waals surface area contributed by atoms with Crippen molar-refractivity contribution in [1.82, 2.24) is 10.3 Å². The number of ether oxygens (including phenoxy) is 1. The van der Waals surface area contributed by atoms with E-state index in [1.807, 2.05) is 74.7 Å². The molecule has 0 aliphatic carbocycles. The zero-order valence-electron chi connectivity index (χ0n) is 19.2. The molecule has 1 aliphatic heterocycles. The lowest BCUT2D eigenvalue weighted by molar-refractivity contribution is -0.129. The number of amides is 2. The topological polar surface area (TPSA) is 71.5 Å². The Morgan fingerprint density at radius 3 is 2.70 bits per heavy atom. The number of anilines is 1. The lowest BCUT2D eigenvalue weighted by Gasteiger charge is -2.40. The molecular formula is C26H29N3O3S. The van der Waals surface area contributed by atoms with E-state index in [2.05, 4.69) is 10.3 Å². The number of piperidine rings is 1. The molecule has 1 aromatic carbocycles. The van der Waals surface area contributed by atoms with Crippen molar-refractivity contribution in [1.29, 1.82) is 0 Å². The highest BCUT2D eigenvalue weighted by molar-refractivity contribution is 7.10. The molecule has 2 unspecified atom stereocenters. The lowest BCUT2D eigenvalue weighted by atomic mass is 9.86. The summed E-state index contributed by atoms with van der Waals surface area (Å²) in [6.07, 6.45) is 2.52. The molecule has 0 spiro atoms. The highest BCUT2D eigenvalue weighted by atomic mass is 32.1. The number of thiophene rings is 1. The van der Waals surface area contributed by atoms with Crippen LogP contribution in [0.25, 0.3) is 0 Å². The van der Waals surface area contributed by atoms with Gasteiger partial charge in [-0.1, -0.05) is 29.8 Å². The molecule has 1 saturated heterocycles. The molecule has 0 saturated carbocycles. The van der Waals surface area contributed by atoms with Crippen LogP contribution < -0.4 is 15.0 Å². The van der Waals surface area contributed by atoms with Gasteiger partial charge in [0.25, 0.3) is 0 Å². The van der Waals surface area contributed by atoms with E-state index in [0.717, 1.165) is 21.7 Å². The maximum atomic E-state index is 13.4. The van der Waals surface area contributed by atoms with Crippen LogP contribution in [-0.4, -0.2) is 22.9 Å². The van der Waals surface area contributed by atoms with Crippen LogP contribution in [-0.2, 0) is 16.1 Å². The number of nitrogens with zero attached hydrogens (tertiary/aromatic N) is 2. The molecule has 1 fully saturated rings. The molecule has 1 N–H and O–H groups in total. The number of pyridine rings is 1. The maximum absolute atomic E-state index is 13.4. The summed E-state index contributed by atoms with van der Waals surface area (Å²) in [6.45, 7) is 6.23. The van der Waals surface area contributed by atoms with E-state index in [9.17, 15) is 9.59 Å². The summed E-state index contributed by atoms with van der Waals surface area (Å²) < 4.78 is 5.79. The number of aryl methyl sites for hydroxylation is 1. The number of hydrogen-bond donors (Lipinski definition) is 1. The monoisotopic (exact) mass is 463 g/mol. The molecule has 3 aromatic rings. The summed E-state index contributed by atoms with van der Waals surface area (Å²) in [5, 5.41) is 5.07. The fraction of sp³-hybridized carbons (Fsp3) is 0.346. The Balaban J connectivity index is 1.59. The molecule has 1 aliphatic rings. The summed E-state index contributed by atoms with van der Waals surface area (Å²) in [4.78, 5) is 33.6. The Hall–Kier alpha value is -3.19. The van der Waals surface area contributed by atoms with E-state index in [1.165, 1.54) is 0 Å². The van der Waals surface area contributed by atoms with Crippen molar-refractivity contribution >= 4 is 28.8 Å². The van der Waals surface area contributed by atoms with E-state index in [-0.39, 0.29) is 29.9 Å². The quantitative estimate of drug-likeness (QED) is 0.533. The minimum atomic E-state index is -0.353. The number of benzene rings is 1. The second-order valence-corrected chi connectivity index (χ2v) is 9.54. The molecule has 3 heterocycles. The Bertz CT molecular complexity index is 1100. The van der Waals surface area contributed by atoms with Crippen molar-refractivity contribution in [2.45, 2.75) is 52.3 Å². The third kappa shape index (κ3) is 5.25. The highest BCUT2D eigenvalue weighted by Gasteiger charge is 2.41. The average Bonchev–Trinajstić information content (AvgIpc) is 3.33. The van der Waals surface area contributed by atoms with Crippen molar-refractivity contribution < 1.29 is 14.3 Å². The van der Waals surface area contributed by atoms with Crippen molar-refractivity contribution in [2.75, 3.05) is 4.90 Å². The average molecular weight is 464 g/mol. The van der Waals surface area contributed by atoms with E-state index in [1.54, 1.807) is 22.4 Å². The third-order valence-electron chi connectivity index (χ3n) is 5.73. The zero-order chi connectivity index (χ0) is 23.4. The number of nitrogens with one attached hydrogen (secondary N) is 1. The van der Waals surface area contributed by atoms with Gasteiger partial charge in [0.05, 0.1) is 18.1 Å². The first-order valence-corrected chi connectivity index (χ1v) is 12.1. The van der Waals surface area contributed by atoms with Gasteiger partial charge in [-0.2, -0.15) is 0 Å². The van der Waals surface area contributed by atoms with Crippen LogP contribution in [0.3, 0.4) is 0 Å². The summed E-state index contributed by atoms with van der Waals surface area (Å²) in [5.74, 6) is 0.148. The van der Waals surface area contributed by atoms with Gasteiger partial charge >= 0.3 is 0 Å². The number of rotatable bonds is 7. The molecule has 33 heavy (non-hydrogen) atoms. The lowest BCUT2D eigenvalue weighted by Crippen LogP contribution is -2.48. The first-order valence-electron chi connectivity index (χ1n) is 11.2. The van der Waals surface area contributed by atoms with E-state index < -0.39 is 0 Å². The second kappa shape index (κ2) is 10.2. The fourth-order valence-corrected chi connectivity index (χ4v) is 5.04. The van der Waals surface area contributed by atoms with Gasteiger partial charge in [-0.25, -0.2) is 4.98 Å². The minimum absolute atomic E-state index is 0.00927. The fourth-order valence-electron chi connectivity index (χ4n) is 4.16. The normalized spacial score (nSPS) is 18.4. The van der Waals surface area contributed by atoms with Gasteiger partial charge in [-0.05, 0) is 56.8 Å². The predicted octanol–water partition coefficient (Wildman–Crippen LogP) is 5.04. The van der Waals surface area contributed by atoms with Crippen LogP contribution >= 0.6 is 11.3 Å². The Kier molecular flexibility index (Phi) is 7.08. The van der Waals surface area contributed by atoms with Gasteiger partial charge in [-0.3, -0.25) is 9.59 Å². The molecule has 2 amide bonds. The summed E-state index contributed by atoms with van der Waals surface area (Å²) in [7, 11) is 0. The number of carbonyl (C=O) groups excluding carboxylic acids is 2. The van der Waals surface area contributed by atoms with Crippen LogP contribution in [0.5, 0.6) is 5.88 Å². The van der Waals surface area contributed by atoms with Crippen molar-refractivity contribution in [3.05, 3.63) is 76.1 Å². The van der Waals surface area contributed by atoms with Gasteiger partial charge in [0, 0.05) is 35.3 Å². The standard InChI is InChI=1S/C26H29N3O3S/c1-17(2)32-26-19(6-4-14-27-26)16-28-25(31)21-12-13-23(30)29(20-10-8-18(3)9-11-20)24(21)22-7-5-15-33-22/h4-11,14-15,17,21,24H,12-13,16H2,1-3H3,(H,28,31). The van der Waals surface area contributed by atoms with Crippen LogP contribution in [0.4, 0.5) is 5.69 Å². The summed E-state index contributed by atoms with van der Waals surface area (Å²) in [5.41, 5.74) is 2.77. The molecular weight excluding hydrogens is 434 g/mol. The molecule has 6 nitrogen and oxygen atoms in total. The van der Waals surface area contributed by atoms with E-state index in [4.69, 9.17) is 4.74 Å². The van der Waals surface area contributed by atoms with Gasteiger partial charge in [0.15, 0.2) is 0 Å². The van der Waals surface area contributed by atoms with Crippen LogP contribution in [0.1, 0.15) is 48.7 Å². The molecule has 7 heteroatoms. The van der Waals surface area contributed by atoms with E-state index >= 15 is 0 Å². The van der Waals surface area contributed by atoms with Crippen molar-refractivity contribution in [3.63, 3.8) is 0 Å². The largest absolute Gasteiger partial charge is 0.475 e. The van der Waals surface area contributed by atoms with Crippen LogP contribution in [0, 0.1) is 12.8 Å². The Morgan fingerprint density at radius 2 is 2.00 bits per heavy atom. The number of hydrogen-bond acceptors (Lipinski definition) is 5. The predicted molar refractivity (Wildman–Crippen MR) is 130 cm³/mol. The Morgan fingerprint density at radius 1 is 1.21 bits per heavy atom. The zero-order valence-corrected chi connectivity index (χ0v) is 20.0. The smallest absolute Gasteiger partial charge is 0.227 e. The van der Waals surface area contributed by atoms with Gasteiger partial charge in [-0.15, -0.1) is 11.3 Å². The van der Waals surface area contributed by atoms with Crippen LogP contribution in [0.2, 0.25) is 0 Å². The first kappa shape index (κ1) is 23.0. The Labute approximate surface area is 198 Å². The van der Waals surface area contributed by atoms with Gasteiger partial charge in [0.1, 0.15) is 0 Å². The maximum Gasteiger partial charge on any atom is 0.227 e. The molecule has 4 rings (SSSR count). The first-order chi connectivity index (χ1) is 15.9. The summed E-state index contributed by atoms with van der Waals surface area (Å²) in [6, 6.07) is 15.3. The number of carbonyl (C=O) groups is 2. The highest BCUT2D eigenvalue weighted by Crippen LogP contribution is 2.41. The minimum Gasteiger partial charge on any atom is -0.475 e. The molecule has 0 bridgehead atoms. The van der Waals surface area contributed by atoms with E-state index in [0.29, 0.717) is 25.3 Å². The molecule has 2 aromatic heterocycles. The molecule has 2 atom stereocenters. The SMILES string of the molecule is Cc1ccc(N2C(=O)CCC(C(=O)NCc3cccnc3OC(C)C)C2c2cccs2)cc1. The van der Waals surface area contributed by atoms with Gasteiger partial charge in [0.2, 0.25) is 17.7 Å². The van der Waals surface area contributed by atoms with Crippen LogP contribution in [0.15, 0.2) is 60.1 Å². The molecule has 0 radical (unpaired) electrons. The van der Waals surface area contributed by atoms with Crippen molar-refractivity contribution in [3.8, 4) is 5.88 Å². The molecule has 172 valence electrons. The second-order valence-electron chi connectivity index (χ2n) is 8.56. The number of aromatic nitrogens is 1. The van der Waals surface area contributed by atoms with Gasteiger partial charge < -0.3 is 15.0 Å².